The summed E-state index contributed by atoms with van der Waals surface area (Å²) in [7, 11) is -0.952. The Kier molecular flexibility index (Phi) is 4.49. The van der Waals surface area contributed by atoms with Crippen LogP contribution in [0, 0.1) is 16.7 Å². The minimum atomic E-state index is -0.952. The van der Waals surface area contributed by atoms with Gasteiger partial charge in [0.15, 0.2) is 0 Å². The van der Waals surface area contributed by atoms with Crippen molar-refractivity contribution in [2.45, 2.75) is 65.6 Å². The molecule has 0 aromatic rings. The number of rotatable bonds is 4. The van der Waals surface area contributed by atoms with E-state index in [1.165, 1.54) is 6.08 Å². The van der Waals surface area contributed by atoms with Crippen molar-refractivity contribution in [1.82, 2.24) is 0 Å². The average Bonchev–Trinajstić information content (AvgIpc) is 2.45. The second-order valence-electron chi connectivity index (χ2n) is 6.76. The van der Waals surface area contributed by atoms with Crippen LogP contribution in [0.4, 0.5) is 4.39 Å². The Morgan fingerprint density at radius 2 is 1.74 bits per heavy atom. The van der Waals surface area contributed by atoms with Crippen molar-refractivity contribution in [3.05, 3.63) is 11.8 Å². The molecule has 0 aliphatic carbocycles. The van der Waals surface area contributed by atoms with Crippen LogP contribution in [0.1, 0.15) is 54.4 Å². The van der Waals surface area contributed by atoms with Gasteiger partial charge in [0.1, 0.15) is 5.73 Å². The Balaban J connectivity index is 2.80. The van der Waals surface area contributed by atoms with E-state index >= 15 is 0 Å². The van der Waals surface area contributed by atoms with Crippen LogP contribution in [0.3, 0.4) is 0 Å². The fourth-order valence-electron chi connectivity index (χ4n) is 1.85. The second kappa shape index (κ2) is 5.26. The number of allylic oxidation sites excluding steroid dienone is 1. The highest BCUT2D eigenvalue weighted by Gasteiger charge is 2.53. The number of nitriles is 1. The van der Waals surface area contributed by atoms with E-state index in [-0.39, 0.29) is 5.41 Å². The van der Waals surface area contributed by atoms with Gasteiger partial charge in [0.05, 0.1) is 17.3 Å². The Labute approximate surface area is 115 Å². The molecular weight excluding hydrogens is 244 g/mol. The van der Waals surface area contributed by atoms with Crippen molar-refractivity contribution in [3.63, 3.8) is 0 Å². The average molecular weight is 267 g/mol. The van der Waals surface area contributed by atoms with E-state index in [2.05, 4.69) is 6.07 Å². The molecule has 0 unspecified atom stereocenters. The van der Waals surface area contributed by atoms with E-state index < -0.39 is 24.0 Å². The fraction of sp³-hybridized carbons (Fsp3) is 0.786. The SMILES string of the molecule is CC(C)(C=C(F)B1OC(C)(C)C(C)(C)O1)CCC#N. The summed E-state index contributed by atoms with van der Waals surface area (Å²) < 4.78 is 25.5. The highest BCUT2D eigenvalue weighted by Crippen LogP contribution is 2.39. The van der Waals surface area contributed by atoms with Crippen LogP contribution >= 0.6 is 0 Å². The van der Waals surface area contributed by atoms with Crippen molar-refractivity contribution in [1.29, 1.82) is 5.26 Å². The van der Waals surface area contributed by atoms with E-state index in [1.54, 1.807) is 0 Å². The summed E-state index contributed by atoms with van der Waals surface area (Å²) in [6.45, 7) is 11.4. The molecule has 0 aromatic carbocycles. The zero-order valence-corrected chi connectivity index (χ0v) is 12.7. The summed E-state index contributed by atoms with van der Waals surface area (Å²) in [5.41, 5.74) is -1.88. The molecule has 1 aliphatic rings. The Morgan fingerprint density at radius 1 is 1.26 bits per heavy atom. The zero-order chi connectivity index (χ0) is 14.9. The highest BCUT2D eigenvalue weighted by molar-refractivity contribution is 6.53. The lowest BCUT2D eigenvalue weighted by Gasteiger charge is -2.32. The summed E-state index contributed by atoms with van der Waals surface area (Å²) in [6, 6.07) is 2.08. The zero-order valence-electron chi connectivity index (χ0n) is 12.7. The molecule has 1 fully saturated rings. The first-order valence-electron chi connectivity index (χ1n) is 6.62. The van der Waals surface area contributed by atoms with Gasteiger partial charge in [-0.3, -0.25) is 0 Å². The van der Waals surface area contributed by atoms with Gasteiger partial charge in [-0.25, -0.2) is 4.39 Å². The van der Waals surface area contributed by atoms with Gasteiger partial charge in [0.2, 0.25) is 0 Å². The third-order valence-corrected chi connectivity index (χ3v) is 3.89. The van der Waals surface area contributed by atoms with Crippen LogP contribution in [-0.2, 0) is 9.31 Å². The van der Waals surface area contributed by atoms with Crippen molar-refractivity contribution >= 4 is 7.12 Å². The van der Waals surface area contributed by atoms with E-state index in [1.807, 2.05) is 41.5 Å². The molecule has 0 N–H and O–H groups in total. The van der Waals surface area contributed by atoms with Crippen molar-refractivity contribution in [2.24, 2.45) is 5.41 Å². The number of hydrogen-bond donors (Lipinski definition) is 0. The molecule has 1 rings (SSSR count). The molecule has 0 radical (unpaired) electrons. The van der Waals surface area contributed by atoms with E-state index in [0.29, 0.717) is 12.8 Å². The summed E-state index contributed by atoms with van der Waals surface area (Å²) in [5.74, 6) is 0. The van der Waals surface area contributed by atoms with E-state index in [4.69, 9.17) is 14.6 Å². The van der Waals surface area contributed by atoms with E-state index in [0.717, 1.165) is 0 Å². The fourth-order valence-corrected chi connectivity index (χ4v) is 1.85. The lowest BCUT2D eigenvalue weighted by atomic mass is 9.79. The molecule has 1 aliphatic heterocycles. The van der Waals surface area contributed by atoms with Crippen molar-refractivity contribution in [2.75, 3.05) is 0 Å². The third-order valence-electron chi connectivity index (χ3n) is 3.89. The normalized spacial score (nSPS) is 22.4. The molecule has 0 saturated carbocycles. The molecule has 1 saturated heterocycles. The highest BCUT2D eigenvalue weighted by atomic mass is 19.1. The van der Waals surface area contributed by atoms with Crippen LogP contribution in [0.15, 0.2) is 11.8 Å². The standard InChI is InChI=1S/C14H23BFNO2/c1-12(2,8-7-9-17)10-11(16)15-18-13(3,4)14(5,6)19-15/h10H,7-8H2,1-6H3. The van der Waals surface area contributed by atoms with Crippen molar-refractivity contribution < 1.29 is 13.7 Å². The van der Waals surface area contributed by atoms with Gasteiger partial charge in [-0.05, 0) is 39.5 Å². The number of nitrogens with zero attached hydrogens (tertiary/aromatic N) is 1. The van der Waals surface area contributed by atoms with Crippen molar-refractivity contribution in [3.8, 4) is 6.07 Å². The summed E-state index contributed by atoms with van der Waals surface area (Å²) in [5, 5.41) is 8.60. The molecule has 106 valence electrons. The minimum Gasteiger partial charge on any atom is -0.398 e. The Hall–Kier alpha value is -0.855. The molecule has 19 heavy (non-hydrogen) atoms. The molecule has 5 heteroatoms. The van der Waals surface area contributed by atoms with Gasteiger partial charge in [0.25, 0.3) is 0 Å². The Bertz CT molecular complexity index is 394. The molecule has 3 nitrogen and oxygen atoms in total. The molecule has 0 bridgehead atoms. The molecule has 1 heterocycles. The smallest absolute Gasteiger partial charge is 0.398 e. The maximum atomic E-state index is 14.2. The summed E-state index contributed by atoms with van der Waals surface area (Å²) in [4.78, 5) is 0. The van der Waals surface area contributed by atoms with Gasteiger partial charge in [0, 0.05) is 6.42 Å². The summed E-state index contributed by atoms with van der Waals surface area (Å²) >= 11 is 0. The van der Waals surface area contributed by atoms with Gasteiger partial charge < -0.3 is 9.31 Å². The van der Waals surface area contributed by atoms with Gasteiger partial charge in [-0.1, -0.05) is 19.9 Å². The predicted octanol–water partition coefficient (Wildman–Crippen LogP) is 3.80. The molecule has 0 aromatic heterocycles. The van der Waals surface area contributed by atoms with Gasteiger partial charge >= 0.3 is 7.12 Å². The molecule has 0 atom stereocenters. The number of hydrogen-bond acceptors (Lipinski definition) is 3. The quantitative estimate of drug-likeness (QED) is 0.727. The largest absolute Gasteiger partial charge is 0.524 e. The lowest BCUT2D eigenvalue weighted by molar-refractivity contribution is 0.00578. The topological polar surface area (TPSA) is 42.2 Å². The minimum absolute atomic E-state index is 0.386. The van der Waals surface area contributed by atoms with E-state index in [9.17, 15) is 4.39 Å². The summed E-state index contributed by atoms with van der Waals surface area (Å²) in [6.07, 6.45) is 2.52. The predicted molar refractivity (Wildman–Crippen MR) is 73.9 cm³/mol. The first-order valence-corrected chi connectivity index (χ1v) is 6.62. The van der Waals surface area contributed by atoms with Crippen LogP contribution in [0.2, 0.25) is 0 Å². The third kappa shape index (κ3) is 3.81. The lowest BCUT2D eigenvalue weighted by Crippen LogP contribution is -2.41. The second-order valence-corrected chi connectivity index (χ2v) is 6.76. The monoisotopic (exact) mass is 267 g/mol. The first-order chi connectivity index (χ1) is 8.51. The van der Waals surface area contributed by atoms with Crippen LogP contribution < -0.4 is 0 Å². The molecule has 0 spiro atoms. The molecule has 0 amide bonds. The van der Waals surface area contributed by atoms with Crippen LogP contribution in [0.5, 0.6) is 0 Å². The maximum absolute atomic E-state index is 14.2. The van der Waals surface area contributed by atoms with Gasteiger partial charge in [-0.2, -0.15) is 5.26 Å². The first kappa shape index (κ1) is 16.2. The Morgan fingerprint density at radius 3 is 2.16 bits per heavy atom. The maximum Gasteiger partial charge on any atom is 0.524 e. The van der Waals surface area contributed by atoms with Crippen LogP contribution in [-0.4, -0.2) is 18.3 Å². The van der Waals surface area contributed by atoms with Gasteiger partial charge in [-0.15, -0.1) is 0 Å². The number of halogens is 1. The van der Waals surface area contributed by atoms with Crippen LogP contribution in [0.25, 0.3) is 0 Å². The molecular formula is C14H23BFNO2.